The summed E-state index contributed by atoms with van der Waals surface area (Å²) in [6, 6.07) is 7.69. The van der Waals surface area contributed by atoms with Crippen molar-refractivity contribution in [2.24, 2.45) is 5.41 Å². The molecular formula is C29H28ClF3N8O2. The van der Waals surface area contributed by atoms with Crippen LogP contribution in [0.15, 0.2) is 36.7 Å². The average Bonchev–Trinajstić information content (AvgIpc) is 3.60. The van der Waals surface area contributed by atoms with Gasteiger partial charge in [-0.2, -0.15) is 9.65 Å². The number of nitrogens with one attached hydrogen (secondary N) is 2. The van der Waals surface area contributed by atoms with Crippen molar-refractivity contribution in [2.45, 2.75) is 58.6 Å². The Labute approximate surface area is 250 Å². The van der Waals surface area contributed by atoms with Crippen LogP contribution >= 0.6 is 11.6 Å². The van der Waals surface area contributed by atoms with Gasteiger partial charge in [-0.15, -0.1) is 5.10 Å². The fourth-order valence-electron chi connectivity index (χ4n) is 4.61. The normalized spacial score (nSPS) is 14.8. The second-order valence-electron chi connectivity index (χ2n) is 11.6. The second-order valence-corrected chi connectivity index (χ2v) is 12.0. The van der Waals surface area contributed by atoms with Gasteiger partial charge >= 0.3 is 6.09 Å². The van der Waals surface area contributed by atoms with E-state index in [1.165, 1.54) is 31.5 Å². The van der Waals surface area contributed by atoms with Gasteiger partial charge in [-0.25, -0.2) is 23.2 Å². The Morgan fingerprint density at radius 2 is 2.02 bits per heavy atom. The van der Waals surface area contributed by atoms with Crippen molar-refractivity contribution in [1.82, 2.24) is 25.0 Å². The van der Waals surface area contributed by atoms with Gasteiger partial charge in [-0.1, -0.05) is 37.6 Å². The van der Waals surface area contributed by atoms with Crippen molar-refractivity contribution < 1.29 is 22.7 Å². The lowest BCUT2D eigenvalue weighted by molar-refractivity contribution is 0.0592. The van der Waals surface area contributed by atoms with E-state index in [4.69, 9.17) is 16.3 Å². The number of aryl methyl sites for hydroxylation is 1. The summed E-state index contributed by atoms with van der Waals surface area (Å²) in [4.78, 5) is 21.4. The molecule has 1 aliphatic rings. The molecule has 4 aromatic rings. The number of hydrogen-bond acceptors (Lipinski definition) is 8. The van der Waals surface area contributed by atoms with Gasteiger partial charge in [0.25, 0.3) is 6.43 Å². The van der Waals surface area contributed by atoms with Crippen molar-refractivity contribution in [1.29, 1.82) is 5.26 Å². The van der Waals surface area contributed by atoms with E-state index in [1.54, 1.807) is 6.07 Å². The molecule has 5 rings (SSSR count). The van der Waals surface area contributed by atoms with Crippen molar-refractivity contribution in [3.05, 3.63) is 70.1 Å². The van der Waals surface area contributed by atoms with Crippen LogP contribution in [0.4, 0.5) is 29.3 Å². The van der Waals surface area contributed by atoms with E-state index < -0.39 is 30.1 Å². The zero-order valence-corrected chi connectivity index (χ0v) is 24.5. The number of benzene rings is 1. The number of anilines is 2. The van der Waals surface area contributed by atoms with Crippen LogP contribution in [0.5, 0.6) is 0 Å². The van der Waals surface area contributed by atoms with Crippen LogP contribution in [0.25, 0.3) is 10.9 Å². The third-order valence-electron chi connectivity index (χ3n) is 7.09. The maximum Gasteiger partial charge on any atom is 0.412 e. The Morgan fingerprint density at radius 3 is 2.65 bits per heavy atom. The minimum atomic E-state index is -2.66. The Kier molecular flexibility index (Phi) is 7.91. The monoisotopic (exact) mass is 612 g/mol. The van der Waals surface area contributed by atoms with Crippen LogP contribution in [-0.4, -0.2) is 44.0 Å². The fourth-order valence-corrected chi connectivity index (χ4v) is 4.87. The van der Waals surface area contributed by atoms with E-state index in [1.807, 2.05) is 20.8 Å². The van der Waals surface area contributed by atoms with Crippen LogP contribution in [0.3, 0.4) is 0 Å². The smallest absolute Gasteiger partial charge is 0.412 e. The van der Waals surface area contributed by atoms with Gasteiger partial charge in [-0.05, 0) is 49.4 Å². The maximum absolute atomic E-state index is 13.8. The summed E-state index contributed by atoms with van der Waals surface area (Å²) in [5.74, 6) is -0.741. The Bertz CT molecular complexity index is 1740. The number of ether oxygens (including phenoxy) is 1. The number of carbonyl (C=O) groups is 1. The Morgan fingerprint density at radius 1 is 1.28 bits per heavy atom. The number of pyridine rings is 2. The quantitative estimate of drug-likeness (QED) is 0.209. The highest BCUT2D eigenvalue weighted by atomic mass is 35.5. The summed E-state index contributed by atoms with van der Waals surface area (Å²) in [5, 5.41) is 24.2. The number of rotatable bonds is 8. The molecule has 1 atom stereocenters. The molecule has 1 aromatic carbocycles. The van der Waals surface area contributed by atoms with Crippen molar-refractivity contribution >= 4 is 40.0 Å². The van der Waals surface area contributed by atoms with E-state index in [0.717, 1.165) is 10.7 Å². The zero-order valence-electron chi connectivity index (χ0n) is 23.8. The summed E-state index contributed by atoms with van der Waals surface area (Å²) in [5.41, 5.74) is 0.473. The summed E-state index contributed by atoms with van der Waals surface area (Å²) in [6.45, 7) is 8.18. The van der Waals surface area contributed by atoms with Crippen LogP contribution in [-0.2, 0) is 10.3 Å². The predicted molar refractivity (Wildman–Crippen MR) is 154 cm³/mol. The molecule has 1 amide bonds. The van der Waals surface area contributed by atoms with Crippen LogP contribution < -0.4 is 10.6 Å². The molecule has 0 aliphatic heterocycles. The average molecular weight is 613 g/mol. The van der Waals surface area contributed by atoms with E-state index in [-0.39, 0.29) is 40.4 Å². The summed E-state index contributed by atoms with van der Waals surface area (Å²) < 4.78 is 48.0. The summed E-state index contributed by atoms with van der Waals surface area (Å²) in [7, 11) is 0. The molecule has 0 unspecified atom stereocenters. The third-order valence-corrected chi connectivity index (χ3v) is 7.38. The number of carbonyl (C=O) groups excluding carboxylic acids is 1. The number of nitriles is 1. The van der Waals surface area contributed by atoms with Gasteiger partial charge in [-0.3, -0.25) is 10.3 Å². The summed E-state index contributed by atoms with van der Waals surface area (Å²) in [6.07, 6.45) is -1.66. The van der Waals surface area contributed by atoms with Crippen LogP contribution in [0.2, 0.25) is 5.02 Å². The minimum Gasteiger partial charge on any atom is -0.434 e. The lowest BCUT2D eigenvalue weighted by Crippen LogP contribution is -2.26. The molecular weight excluding hydrogens is 585 g/mol. The van der Waals surface area contributed by atoms with Gasteiger partial charge in [0, 0.05) is 35.1 Å². The number of fused-ring (bicyclic) bond motifs is 1. The number of amides is 1. The molecule has 1 fully saturated rings. The lowest BCUT2D eigenvalue weighted by Gasteiger charge is -2.21. The molecule has 1 saturated carbocycles. The molecule has 0 spiro atoms. The van der Waals surface area contributed by atoms with Gasteiger partial charge in [0.15, 0.2) is 6.10 Å². The van der Waals surface area contributed by atoms with Gasteiger partial charge in [0.1, 0.15) is 17.3 Å². The number of halogens is 4. The lowest BCUT2D eigenvalue weighted by atomic mass is 9.96. The van der Waals surface area contributed by atoms with Crippen molar-refractivity contribution in [3.63, 3.8) is 0 Å². The topological polar surface area (TPSA) is 131 Å². The van der Waals surface area contributed by atoms with Crippen LogP contribution in [0.1, 0.15) is 62.2 Å². The second kappa shape index (κ2) is 11.3. The fraction of sp³-hybridized carbons (Fsp3) is 0.379. The van der Waals surface area contributed by atoms with Crippen molar-refractivity contribution in [2.75, 3.05) is 17.2 Å². The first kappa shape index (κ1) is 30.0. The zero-order chi connectivity index (χ0) is 31.1. The van der Waals surface area contributed by atoms with Gasteiger partial charge in [0.05, 0.1) is 28.0 Å². The summed E-state index contributed by atoms with van der Waals surface area (Å²) >= 11 is 6.52. The minimum absolute atomic E-state index is 0.0617. The van der Waals surface area contributed by atoms with E-state index >= 15 is 0 Å². The van der Waals surface area contributed by atoms with E-state index in [9.17, 15) is 23.2 Å². The SMILES string of the molecule is Cc1nc(F)ccc1[C@H](OC(=O)Nc1cc(Cl)c2ncc(C#N)c(NCC(C)(C)C)c2c1)c1cn(C2(C(F)F)CC2)nn1. The first-order valence-electron chi connectivity index (χ1n) is 13.4. The number of nitrogens with zero attached hydrogens (tertiary/aromatic N) is 6. The molecule has 0 bridgehead atoms. The molecule has 0 saturated heterocycles. The molecule has 43 heavy (non-hydrogen) atoms. The first-order valence-corrected chi connectivity index (χ1v) is 13.8. The number of hydrogen-bond donors (Lipinski definition) is 2. The molecule has 1 aliphatic carbocycles. The van der Waals surface area contributed by atoms with Gasteiger partial charge < -0.3 is 10.1 Å². The molecule has 14 heteroatoms. The van der Waals surface area contributed by atoms with Gasteiger partial charge in [0.2, 0.25) is 5.95 Å². The van der Waals surface area contributed by atoms with E-state index in [0.29, 0.717) is 34.3 Å². The van der Waals surface area contributed by atoms with Crippen molar-refractivity contribution in [3.8, 4) is 6.07 Å². The third kappa shape index (κ3) is 6.19. The maximum atomic E-state index is 13.8. The first-order chi connectivity index (χ1) is 20.3. The number of aromatic nitrogens is 5. The molecule has 3 heterocycles. The standard InChI is InChI=1S/C29H28ClF3N8O2/c1-15-18(5-6-22(31)37-15)25(21-13-41(40-39-21)29(7-8-29)26(32)33)43-27(42)38-17-9-19-23(36-14-28(2,3)4)16(11-34)12-35-24(19)20(30)10-17/h5-6,9-10,12-13,25-26H,7-8,14H2,1-4H3,(H,35,36)(H,38,42)/t25-/m0/s1. The Balaban J connectivity index is 1.47. The molecule has 224 valence electrons. The highest BCUT2D eigenvalue weighted by molar-refractivity contribution is 6.36. The largest absolute Gasteiger partial charge is 0.434 e. The molecule has 3 aromatic heterocycles. The Hall–Kier alpha value is -4.44. The highest BCUT2D eigenvalue weighted by Crippen LogP contribution is 2.48. The van der Waals surface area contributed by atoms with Crippen LogP contribution in [0, 0.1) is 29.6 Å². The predicted octanol–water partition coefficient (Wildman–Crippen LogP) is 6.74. The molecule has 0 radical (unpaired) electrons. The highest BCUT2D eigenvalue weighted by Gasteiger charge is 2.54. The van der Waals surface area contributed by atoms with E-state index in [2.05, 4.69) is 37.0 Å². The molecule has 10 nitrogen and oxygen atoms in total. The molecule has 2 N–H and O–H groups in total. The number of alkyl halides is 2.